The molecule has 1 N–H and O–H groups in total. The Morgan fingerprint density at radius 2 is 2.06 bits per heavy atom. The molecule has 0 unspecified atom stereocenters. The molecule has 10 heteroatoms. The molecule has 0 spiro atoms. The van der Waals surface area contributed by atoms with Crippen LogP contribution in [-0.4, -0.2) is 46.4 Å². The fourth-order valence-corrected chi connectivity index (χ4v) is 5.19. The zero-order chi connectivity index (χ0) is 24.9. The lowest BCUT2D eigenvalue weighted by molar-refractivity contribution is 0.0505. The molecule has 8 nitrogen and oxygen atoms in total. The molecule has 2 aromatic heterocycles. The number of carbonyl (C=O) groups excluding carboxylic acids is 1. The van der Waals surface area contributed by atoms with Gasteiger partial charge in [-0.15, -0.1) is 11.3 Å². The summed E-state index contributed by atoms with van der Waals surface area (Å²) in [4.78, 5) is 25.8. The van der Waals surface area contributed by atoms with Gasteiger partial charge in [0.05, 0.1) is 41.1 Å². The van der Waals surface area contributed by atoms with Crippen molar-refractivity contribution in [3.63, 3.8) is 0 Å². The Morgan fingerprint density at radius 3 is 2.80 bits per heavy atom. The molecule has 5 rings (SSSR count). The minimum absolute atomic E-state index is 0.204. The molecule has 2 aromatic carbocycles. The van der Waals surface area contributed by atoms with Gasteiger partial charge in [-0.1, -0.05) is 0 Å². The maximum atomic E-state index is 14.9. The summed E-state index contributed by atoms with van der Waals surface area (Å²) in [6, 6.07) is 5.33. The Kier molecular flexibility index (Phi) is 5.71. The lowest BCUT2D eigenvalue weighted by Crippen LogP contribution is -2.38. The van der Waals surface area contributed by atoms with Gasteiger partial charge in [0, 0.05) is 23.6 Å². The van der Waals surface area contributed by atoms with Gasteiger partial charge in [-0.05, 0) is 45.4 Å². The third kappa shape index (κ3) is 4.58. The monoisotopic (exact) mass is 496 g/mol. The lowest BCUT2D eigenvalue weighted by Gasteiger charge is -2.20. The van der Waals surface area contributed by atoms with Crippen LogP contribution >= 0.6 is 11.3 Å². The second-order valence-electron chi connectivity index (χ2n) is 9.45. The number of carbonyl (C=O) groups is 1. The summed E-state index contributed by atoms with van der Waals surface area (Å²) in [5.74, 6) is 0.173. The molecule has 35 heavy (non-hydrogen) atoms. The number of hydrogen-bond acceptors (Lipinski definition) is 8. The molecule has 182 valence electrons. The van der Waals surface area contributed by atoms with Crippen molar-refractivity contribution in [1.82, 2.24) is 20.3 Å². The van der Waals surface area contributed by atoms with E-state index in [2.05, 4.69) is 15.3 Å². The Labute approximate surface area is 205 Å². The van der Waals surface area contributed by atoms with E-state index in [1.807, 2.05) is 19.1 Å². The molecule has 0 radical (unpaired) electrons. The van der Waals surface area contributed by atoms with Crippen LogP contribution in [0.15, 0.2) is 24.4 Å². The van der Waals surface area contributed by atoms with Crippen molar-refractivity contribution in [3.8, 4) is 22.2 Å². The van der Waals surface area contributed by atoms with Crippen molar-refractivity contribution in [2.75, 3.05) is 13.7 Å². The van der Waals surface area contributed by atoms with Gasteiger partial charge >= 0.3 is 6.09 Å². The molecule has 1 atom stereocenters. The predicted molar refractivity (Wildman–Crippen MR) is 132 cm³/mol. The van der Waals surface area contributed by atoms with E-state index in [0.717, 1.165) is 26.4 Å². The Morgan fingerprint density at radius 1 is 1.26 bits per heavy atom. The van der Waals surface area contributed by atoms with Crippen molar-refractivity contribution in [2.45, 2.75) is 45.8 Å². The first-order chi connectivity index (χ1) is 16.6. The van der Waals surface area contributed by atoms with Gasteiger partial charge in [0.25, 0.3) is 0 Å². The zero-order valence-corrected chi connectivity index (χ0v) is 20.9. The van der Waals surface area contributed by atoms with Crippen LogP contribution in [0.2, 0.25) is 0 Å². The third-order valence-corrected chi connectivity index (χ3v) is 6.64. The van der Waals surface area contributed by atoms with Crippen LogP contribution in [0.25, 0.3) is 31.8 Å². The van der Waals surface area contributed by atoms with Gasteiger partial charge < -0.3 is 19.5 Å². The fourth-order valence-electron chi connectivity index (χ4n) is 4.08. The van der Waals surface area contributed by atoms with E-state index in [4.69, 9.17) is 19.2 Å². The highest BCUT2D eigenvalue weighted by atomic mass is 32.1. The van der Waals surface area contributed by atoms with E-state index in [0.29, 0.717) is 28.9 Å². The van der Waals surface area contributed by atoms with Crippen molar-refractivity contribution < 1.29 is 23.4 Å². The van der Waals surface area contributed by atoms with Crippen molar-refractivity contribution >= 4 is 38.7 Å². The number of hydrogen-bond donors (Lipinski definition) is 1. The molecular formula is C25H25FN4O4S. The molecule has 0 aliphatic carbocycles. The van der Waals surface area contributed by atoms with E-state index in [9.17, 15) is 9.18 Å². The smallest absolute Gasteiger partial charge is 0.407 e. The van der Waals surface area contributed by atoms with E-state index in [-0.39, 0.29) is 12.3 Å². The van der Waals surface area contributed by atoms with E-state index in [1.54, 1.807) is 34.1 Å². The molecule has 0 saturated carbocycles. The van der Waals surface area contributed by atoms with Crippen LogP contribution in [0, 0.1) is 12.7 Å². The summed E-state index contributed by atoms with van der Waals surface area (Å²) in [7, 11) is 1.55. The largest absolute Gasteiger partial charge is 0.485 e. The predicted octanol–water partition coefficient (Wildman–Crippen LogP) is 5.19. The molecule has 0 bridgehead atoms. The number of nitrogens with one attached hydrogen (secondary N) is 1. The van der Waals surface area contributed by atoms with Gasteiger partial charge in [0.15, 0.2) is 11.6 Å². The van der Waals surface area contributed by atoms with Gasteiger partial charge in [0.2, 0.25) is 5.88 Å². The normalized spacial score (nSPS) is 15.2. The number of aromatic nitrogens is 3. The molecule has 4 aromatic rings. The highest BCUT2D eigenvalue weighted by Crippen LogP contribution is 2.43. The number of methoxy groups -OCH3 is 1. The van der Waals surface area contributed by atoms with Crippen LogP contribution in [-0.2, 0) is 11.2 Å². The summed E-state index contributed by atoms with van der Waals surface area (Å²) >= 11 is 1.46. The topological polar surface area (TPSA) is 95.5 Å². The number of ether oxygens (including phenoxy) is 3. The molecule has 1 aliphatic rings. The van der Waals surface area contributed by atoms with Crippen LogP contribution in [0.4, 0.5) is 9.18 Å². The van der Waals surface area contributed by atoms with Crippen LogP contribution in [0.3, 0.4) is 0 Å². The number of amides is 1. The minimum atomic E-state index is -0.601. The van der Waals surface area contributed by atoms with Gasteiger partial charge in [-0.25, -0.2) is 24.1 Å². The number of thiazole rings is 1. The average Bonchev–Trinajstić information content (AvgIpc) is 3.40. The molecule has 0 fully saturated rings. The average molecular weight is 497 g/mol. The van der Waals surface area contributed by atoms with Crippen molar-refractivity contribution in [1.29, 1.82) is 0 Å². The number of fused-ring (bicyclic) bond motifs is 4. The number of aryl methyl sites for hydroxylation is 1. The van der Waals surface area contributed by atoms with E-state index < -0.39 is 23.6 Å². The van der Waals surface area contributed by atoms with Crippen LogP contribution < -0.4 is 14.8 Å². The molecule has 0 saturated heterocycles. The summed E-state index contributed by atoms with van der Waals surface area (Å²) in [6.07, 6.45) is 1.09. The molecule has 1 aliphatic heterocycles. The number of nitrogens with zero attached hydrogens (tertiary/aromatic N) is 3. The van der Waals surface area contributed by atoms with E-state index in [1.165, 1.54) is 17.4 Å². The summed E-state index contributed by atoms with van der Waals surface area (Å²) < 4.78 is 32.1. The third-order valence-electron chi connectivity index (χ3n) is 5.48. The summed E-state index contributed by atoms with van der Waals surface area (Å²) in [6.45, 7) is 7.56. The lowest BCUT2D eigenvalue weighted by atomic mass is 10.1. The fraction of sp³-hybridized carbons (Fsp3) is 0.360. The van der Waals surface area contributed by atoms with Crippen LogP contribution in [0.1, 0.15) is 31.9 Å². The summed E-state index contributed by atoms with van der Waals surface area (Å²) in [5, 5.41) is 3.42. The highest BCUT2D eigenvalue weighted by molar-refractivity contribution is 7.22. The standard InChI is InChI=1S/C25H25FN4O4S/c1-12-6-14(20-17(7-12)29-19(32-5)11-27-20)23-30-18-9-16(26)21-15(22(18)35-23)8-13(33-21)10-28-24(31)34-25(2,3)4/h6-7,9,11,13H,8,10H2,1-5H3,(H,28,31)/t13-/m1/s1. The Balaban J connectivity index is 1.47. The molecule has 3 heterocycles. The minimum Gasteiger partial charge on any atom is -0.485 e. The van der Waals surface area contributed by atoms with Gasteiger partial charge in [-0.2, -0.15) is 0 Å². The molecular weight excluding hydrogens is 471 g/mol. The quantitative estimate of drug-likeness (QED) is 0.415. The van der Waals surface area contributed by atoms with Gasteiger partial charge in [-0.3, -0.25) is 0 Å². The van der Waals surface area contributed by atoms with Crippen LogP contribution in [0.5, 0.6) is 11.6 Å². The molecule has 1 amide bonds. The highest BCUT2D eigenvalue weighted by Gasteiger charge is 2.31. The maximum Gasteiger partial charge on any atom is 0.407 e. The number of benzene rings is 2. The number of alkyl carbamates (subject to hydrolysis) is 1. The Hall–Kier alpha value is -3.53. The first-order valence-electron chi connectivity index (χ1n) is 11.2. The Bertz CT molecular complexity index is 1460. The summed E-state index contributed by atoms with van der Waals surface area (Å²) in [5.41, 5.74) is 3.94. The van der Waals surface area contributed by atoms with Gasteiger partial charge in [0.1, 0.15) is 16.7 Å². The second-order valence-corrected chi connectivity index (χ2v) is 10.5. The first kappa shape index (κ1) is 23.2. The van der Waals surface area contributed by atoms with Crippen molar-refractivity contribution in [3.05, 3.63) is 41.3 Å². The number of halogens is 1. The first-order valence-corrected chi connectivity index (χ1v) is 12.0. The maximum absolute atomic E-state index is 14.9. The SMILES string of the molecule is COc1cnc2c(-c3nc4cc(F)c5c(c4s3)C[C@H](CNC(=O)OC(C)(C)C)O5)cc(C)cc2n1. The zero-order valence-electron chi connectivity index (χ0n) is 20.1. The second kappa shape index (κ2) is 8.60. The van der Waals surface area contributed by atoms with E-state index >= 15 is 0 Å². The number of rotatable bonds is 4. The van der Waals surface area contributed by atoms with Crippen molar-refractivity contribution in [2.24, 2.45) is 0 Å².